The van der Waals surface area contributed by atoms with Crippen LogP contribution in [0.5, 0.6) is 11.5 Å². The van der Waals surface area contributed by atoms with Crippen LogP contribution in [0.15, 0.2) is 39.2 Å². The third-order valence-electron chi connectivity index (χ3n) is 2.60. The van der Waals surface area contributed by atoms with Gasteiger partial charge in [-0.25, -0.2) is 5.43 Å². The molecule has 0 spiro atoms. The SMILES string of the molecule is COc1ccc(C(=O)NN=Cc2ccc(Br)s2)cc1OC. The average Bonchev–Trinajstić information content (AvgIpc) is 2.91. The molecule has 0 aliphatic rings. The van der Waals surface area contributed by atoms with Crippen molar-refractivity contribution in [1.82, 2.24) is 5.43 Å². The van der Waals surface area contributed by atoms with Crippen LogP contribution in [0.25, 0.3) is 0 Å². The van der Waals surface area contributed by atoms with E-state index in [-0.39, 0.29) is 5.91 Å². The molecule has 1 amide bonds. The first-order valence-electron chi connectivity index (χ1n) is 5.95. The van der Waals surface area contributed by atoms with Crippen LogP contribution in [0.1, 0.15) is 15.2 Å². The van der Waals surface area contributed by atoms with Gasteiger partial charge in [0.15, 0.2) is 11.5 Å². The zero-order chi connectivity index (χ0) is 15.2. The number of carbonyl (C=O) groups is 1. The number of hydrogen-bond acceptors (Lipinski definition) is 5. The fourth-order valence-electron chi connectivity index (χ4n) is 1.59. The fraction of sp³-hybridized carbons (Fsp3) is 0.143. The highest BCUT2D eigenvalue weighted by atomic mass is 79.9. The van der Waals surface area contributed by atoms with Crippen molar-refractivity contribution < 1.29 is 14.3 Å². The van der Waals surface area contributed by atoms with Crippen LogP contribution in [-0.4, -0.2) is 26.3 Å². The molecule has 5 nitrogen and oxygen atoms in total. The lowest BCUT2D eigenvalue weighted by atomic mass is 10.2. The van der Waals surface area contributed by atoms with E-state index < -0.39 is 0 Å². The van der Waals surface area contributed by atoms with Gasteiger partial charge in [-0.05, 0) is 46.3 Å². The van der Waals surface area contributed by atoms with Gasteiger partial charge in [0.1, 0.15) is 0 Å². The van der Waals surface area contributed by atoms with Crippen molar-refractivity contribution in [3.63, 3.8) is 0 Å². The van der Waals surface area contributed by atoms with E-state index in [9.17, 15) is 4.79 Å². The van der Waals surface area contributed by atoms with Gasteiger partial charge in [-0.15, -0.1) is 11.3 Å². The summed E-state index contributed by atoms with van der Waals surface area (Å²) in [5.74, 6) is 0.750. The summed E-state index contributed by atoms with van der Waals surface area (Å²) in [6.07, 6.45) is 1.59. The van der Waals surface area contributed by atoms with Gasteiger partial charge in [-0.3, -0.25) is 4.79 Å². The molecule has 21 heavy (non-hydrogen) atoms. The number of ether oxygens (including phenoxy) is 2. The molecule has 2 rings (SSSR count). The fourth-order valence-corrected chi connectivity index (χ4v) is 2.89. The third kappa shape index (κ3) is 4.05. The first-order chi connectivity index (χ1) is 10.1. The Morgan fingerprint density at radius 3 is 2.62 bits per heavy atom. The lowest BCUT2D eigenvalue weighted by Gasteiger charge is -2.08. The summed E-state index contributed by atoms with van der Waals surface area (Å²) in [6, 6.07) is 8.75. The van der Waals surface area contributed by atoms with Crippen molar-refractivity contribution in [1.29, 1.82) is 0 Å². The molecule has 0 unspecified atom stereocenters. The minimum absolute atomic E-state index is 0.317. The average molecular weight is 369 g/mol. The number of rotatable bonds is 5. The molecule has 0 aliphatic carbocycles. The van der Waals surface area contributed by atoms with Crippen LogP contribution in [0, 0.1) is 0 Å². The van der Waals surface area contributed by atoms with E-state index >= 15 is 0 Å². The van der Waals surface area contributed by atoms with Gasteiger partial charge in [0.25, 0.3) is 5.91 Å². The maximum Gasteiger partial charge on any atom is 0.271 e. The highest BCUT2D eigenvalue weighted by Gasteiger charge is 2.09. The van der Waals surface area contributed by atoms with Gasteiger partial charge in [0.05, 0.1) is 24.2 Å². The third-order valence-corrected chi connectivity index (χ3v) is 4.16. The second kappa shape index (κ2) is 7.24. The van der Waals surface area contributed by atoms with Gasteiger partial charge >= 0.3 is 0 Å². The Morgan fingerprint density at radius 2 is 2.00 bits per heavy atom. The van der Waals surface area contributed by atoms with Gasteiger partial charge in [-0.1, -0.05) is 0 Å². The predicted molar refractivity (Wildman–Crippen MR) is 86.6 cm³/mol. The van der Waals surface area contributed by atoms with E-state index in [4.69, 9.17) is 9.47 Å². The summed E-state index contributed by atoms with van der Waals surface area (Å²) in [4.78, 5) is 12.9. The normalized spacial score (nSPS) is 10.6. The summed E-state index contributed by atoms with van der Waals surface area (Å²) in [7, 11) is 3.06. The molecule has 0 saturated heterocycles. The largest absolute Gasteiger partial charge is 0.493 e. The van der Waals surface area contributed by atoms with E-state index in [1.54, 1.807) is 31.5 Å². The summed E-state index contributed by atoms with van der Waals surface area (Å²) in [5, 5.41) is 3.92. The molecular formula is C14H13BrN2O3S. The molecule has 0 fully saturated rings. The Balaban J connectivity index is 2.05. The smallest absolute Gasteiger partial charge is 0.271 e. The highest BCUT2D eigenvalue weighted by molar-refractivity contribution is 9.11. The molecule has 1 N–H and O–H groups in total. The van der Waals surface area contributed by atoms with Gasteiger partial charge in [0, 0.05) is 10.4 Å². The van der Waals surface area contributed by atoms with Crippen molar-refractivity contribution >= 4 is 39.4 Å². The molecule has 0 aliphatic heterocycles. The summed E-state index contributed by atoms with van der Waals surface area (Å²) in [6.45, 7) is 0. The van der Waals surface area contributed by atoms with Gasteiger partial charge in [-0.2, -0.15) is 5.10 Å². The molecule has 2 aromatic rings. The van der Waals surface area contributed by atoms with Crippen LogP contribution in [0.4, 0.5) is 0 Å². The maximum atomic E-state index is 12.0. The summed E-state index contributed by atoms with van der Waals surface area (Å²) in [5.41, 5.74) is 2.91. The first kappa shape index (κ1) is 15.5. The summed E-state index contributed by atoms with van der Waals surface area (Å²) < 4.78 is 11.3. The predicted octanol–water partition coefficient (Wildman–Crippen LogP) is 3.29. The van der Waals surface area contributed by atoms with E-state index in [0.717, 1.165) is 8.66 Å². The minimum atomic E-state index is -0.317. The Bertz CT molecular complexity index is 670. The number of nitrogens with one attached hydrogen (secondary N) is 1. The minimum Gasteiger partial charge on any atom is -0.493 e. The molecule has 0 saturated carbocycles. The Labute approximate surface area is 134 Å². The molecule has 7 heteroatoms. The topological polar surface area (TPSA) is 59.9 Å². The number of nitrogens with zero attached hydrogens (tertiary/aromatic N) is 1. The zero-order valence-corrected chi connectivity index (χ0v) is 13.8. The molecule has 0 radical (unpaired) electrons. The van der Waals surface area contributed by atoms with E-state index in [1.807, 2.05) is 12.1 Å². The number of carbonyl (C=O) groups excluding carboxylic acids is 1. The maximum absolute atomic E-state index is 12.0. The van der Waals surface area contributed by atoms with Crippen molar-refractivity contribution in [3.05, 3.63) is 44.6 Å². The van der Waals surface area contributed by atoms with Crippen molar-refractivity contribution in [2.45, 2.75) is 0 Å². The van der Waals surface area contributed by atoms with Crippen LogP contribution in [0.3, 0.4) is 0 Å². The molecular weight excluding hydrogens is 356 g/mol. The Kier molecular flexibility index (Phi) is 5.35. The van der Waals surface area contributed by atoms with Gasteiger partial charge in [0.2, 0.25) is 0 Å². The van der Waals surface area contributed by atoms with Crippen molar-refractivity contribution in [3.8, 4) is 11.5 Å². The van der Waals surface area contributed by atoms with Crippen LogP contribution in [0.2, 0.25) is 0 Å². The monoisotopic (exact) mass is 368 g/mol. The standard InChI is InChI=1S/C14H13BrN2O3S/c1-19-11-5-3-9(7-12(11)20-2)14(18)17-16-8-10-4-6-13(15)21-10/h3-8H,1-2H3,(H,17,18). The molecule has 1 heterocycles. The van der Waals surface area contributed by atoms with Crippen molar-refractivity contribution in [2.75, 3.05) is 14.2 Å². The number of methoxy groups -OCH3 is 2. The molecule has 110 valence electrons. The highest BCUT2D eigenvalue weighted by Crippen LogP contribution is 2.27. The molecule has 0 bridgehead atoms. The van der Waals surface area contributed by atoms with Gasteiger partial charge < -0.3 is 9.47 Å². The van der Waals surface area contributed by atoms with E-state index in [0.29, 0.717) is 17.1 Å². The number of hydrazone groups is 1. The molecule has 0 atom stereocenters. The number of benzene rings is 1. The van der Waals surface area contributed by atoms with E-state index in [1.165, 1.54) is 18.4 Å². The Hall–Kier alpha value is -1.86. The second-order valence-corrected chi connectivity index (χ2v) is 6.41. The lowest BCUT2D eigenvalue weighted by molar-refractivity contribution is 0.0954. The number of hydrogen-bond donors (Lipinski definition) is 1. The zero-order valence-electron chi connectivity index (χ0n) is 11.4. The lowest BCUT2D eigenvalue weighted by Crippen LogP contribution is -2.17. The van der Waals surface area contributed by atoms with Crippen LogP contribution < -0.4 is 14.9 Å². The molecule has 1 aromatic heterocycles. The first-order valence-corrected chi connectivity index (χ1v) is 7.55. The summed E-state index contributed by atoms with van der Waals surface area (Å²) >= 11 is 4.89. The second-order valence-electron chi connectivity index (χ2n) is 3.91. The van der Waals surface area contributed by atoms with Crippen molar-refractivity contribution in [2.24, 2.45) is 5.10 Å². The quantitative estimate of drug-likeness (QED) is 0.650. The number of thiophene rings is 1. The molecule has 1 aromatic carbocycles. The number of amides is 1. The Morgan fingerprint density at radius 1 is 1.24 bits per heavy atom. The van der Waals surface area contributed by atoms with E-state index in [2.05, 4.69) is 26.5 Å². The van der Waals surface area contributed by atoms with Crippen LogP contribution >= 0.6 is 27.3 Å². The number of halogens is 1. The van der Waals surface area contributed by atoms with Crippen LogP contribution in [-0.2, 0) is 0 Å².